The predicted molar refractivity (Wildman–Crippen MR) is 90.3 cm³/mol. The summed E-state index contributed by atoms with van der Waals surface area (Å²) in [6.07, 6.45) is 0. The summed E-state index contributed by atoms with van der Waals surface area (Å²) in [6.45, 7) is 3.69. The molecule has 0 saturated carbocycles. The first-order valence-corrected chi connectivity index (χ1v) is 7.54. The van der Waals surface area contributed by atoms with Crippen molar-refractivity contribution in [1.29, 1.82) is 0 Å². The summed E-state index contributed by atoms with van der Waals surface area (Å²) < 4.78 is 0. The number of carbonyl (C=O) groups is 1. The molecule has 5 heteroatoms. The lowest BCUT2D eigenvalue weighted by Gasteiger charge is -2.05. The SMILES string of the molecule is CC(C)C(=O)Nc1nn(-c2ccccc2)nc1-c1ccccc1. The van der Waals surface area contributed by atoms with Crippen LogP contribution in [0.15, 0.2) is 60.7 Å². The van der Waals surface area contributed by atoms with Gasteiger partial charge in [-0.3, -0.25) is 4.79 Å². The molecule has 0 aliphatic rings. The van der Waals surface area contributed by atoms with Crippen molar-refractivity contribution >= 4 is 11.7 Å². The molecule has 0 aliphatic heterocycles. The molecule has 0 saturated heterocycles. The van der Waals surface area contributed by atoms with Gasteiger partial charge in [0.2, 0.25) is 5.91 Å². The quantitative estimate of drug-likeness (QED) is 0.802. The Morgan fingerprint density at radius 1 is 0.957 bits per heavy atom. The number of nitrogens with zero attached hydrogens (tertiary/aromatic N) is 3. The van der Waals surface area contributed by atoms with Crippen LogP contribution in [0, 0.1) is 5.92 Å². The molecule has 1 amide bonds. The van der Waals surface area contributed by atoms with Gasteiger partial charge in [-0.25, -0.2) is 0 Å². The van der Waals surface area contributed by atoms with Crippen LogP contribution in [0.1, 0.15) is 13.8 Å². The standard InChI is InChI=1S/C18H18N4O/c1-13(2)18(23)19-17-16(14-9-5-3-6-10-14)20-22(21-17)15-11-7-4-8-12-15/h3-13H,1-2H3,(H,19,21,23). The monoisotopic (exact) mass is 306 g/mol. The van der Waals surface area contributed by atoms with Crippen LogP contribution in [0.5, 0.6) is 0 Å². The van der Waals surface area contributed by atoms with Crippen molar-refractivity contribution in [3.63, 3.8) is 0 Å². The molecular formula is C18H18N4O. The third kappa shape index (κ3) is 3.29. The Bertz CT molecular complexity index is 794. The Hall–Kier alpha value is -2.95. The number of carbonyl (C=O) groups excluding carboxylic acids is 1. The van der Waals surface area contributed by atoms with Crippen LogP contribution in [0.4, 0.5) is 5.82 Å². The summed E-state index contributed by atoms with van der Waals surface area (Å²) in [4.78, 5) is 13.6. The van der Waals surface area contributed by atoms with Gasteiger partial charge in [-0.15, -0.1) is 15.0 Å². The van der Waals surface area contributed by atoms with Crippen LogP contribution in [0.2, 0.25) is 0 Å². The lowest BCUT2D eigenvalue weighted by atomic mass is 10.1. The van der Waals surface area contributed by atoms with Crippen LogP contribution < -0.4 is 5.32 Å². The highest BCUT2D eigenvalue weighted by Crippen LogP contribution is 2.25. The predicted octanol–water partition coefficient (Wildman–Crippen LogP) is 3.53. The second-order valence-corrected chi connectivity index (χ2v) is 5.53. The highest BCUT2D eigenvalue weighted by Gasteiger charge is 2.17. The molecule has 1 N–H and O–H groups in total. The molecule has 23 heavy (non-hydrogen) atoms. The van der Waals surface area contributed by atoms with Crippen LogP contribution in [-0.4, -0.2) is 20.9 Å². The zero-order valence-electron chi connectivity index (χ0n) is 13.1. The maximum absolute atomic E-state index is 12.1. The largest absolute Gasteiger partial charge is 0.307 e. The van der Waals surface area contributed by atoms with E-state index in [1.807, 2.05) is 74.5 Å². The van der Waals surface area contributed by atoms with Gasteiger partial charge in [0, 0.05) is 11.5 Å². The minimum atomic E-state index is -0.125. The van der Waals surface area contributed by atoms with Crippen molar-refractivity contribution in [2.75, 3.05) is 5.32 Å². The number of anilines is 1. The molecule has 1 aromatic heterocycles. The van der Waals surface area contributed by atoms with Gasteiger partial charge in [0.25, 0.3) is 0 Å². The Labute approximate surface area is 135 Å². The minimum absolute atomic E-state index is 0.0812. The number of para-hydroxylation sites is 1. The van der Waals surface area contributed by atoms with Gasteiger partial charge >= 0.3 is 0 Å². The second kappa shape index (κ2) is 6.44. The molecule has 0 fully saturated rings. The molecule has 1 heterocycles. The minimum Gasteiger partial charge on any atom is -0.307 e. The first-order valence-electron chi connectivity index (χ1n) is 7.54. The first-order chi connectivity index (χ1) is 11.1. The van der Waals surface area contributed by atoms with E-state index in [9.17, 15) is 4.79 Å². The Morgan fingerprint density at radius 2 is 1.57 bits per heavy atom. The Balaban J connectivity index is 2.05. The number of rotatable bonds is 4. The molecule has 116 valence electrons. The van der Waals surface area contributed by atoms with Crippen LogP contribution in [0.3, 0.4) is 0 Å². The number of aromatic nitrogens is 3. The Morgan fingerprint density at radius 3 is 2.17 bits per heavy atom. The third-order valence-electron chi connectivity index (χ3n) is 3.41. The van der Waals surface area contributed by atoms with E-state index in [2.05, 4.69) is 15.5 Å². The van der Waals surface area contributed by atoms with Gasteiger partial charge in [0.1, 0.15) is 5.69 Å². The van der Waals surface area contributed by atoms with E-state index in [1.54, 1.807) is 0 Å². The summed E-state index contributed by atoms with van der Waals surface area (Å²) in [7, 11) is 0. The molecule has 5 nitrogen and oxygen atoms in total. The van der Waals surface area contributed by atoms with E-state index in [0.717, 1.165) is 11.3 Å². The molecule has 0 radical (unpaired) electrons. The second-order valence-electron chi connectivity index (χ2n) is 5.53. The van der Waals surface area contributed by atoms with Crippen LogP contribution in [0.25, 0.3) is 16.9 Å². The number of amides is 1. The summed E-state index contributed by atoms with van der Waals surface area (Å²) in [5.74, 6) is 0.265. The molecule has 0 atom stereocenters. The maximum Gasteiger partial charge on any atom is 0.228 e. The zero-order chi connectivity index (χ0) is 16.2. The third-order valence-corrected chi connectivity index (χ3v) is 3.41. The molecule has 0 spiro atoms. The van der Waals surface area contributed by atoms with Crippen LogP contribution >= 0.6 is 0 Å². The smallest absolute Gasteiger partial charge is 0.228 e. The van der Waals surface area contributed by atoms with Crippen molar-refractivity contribution in [1.82, 2.24) is 15.0 Å². The van der Waals surface area contributed by atoms with Crippen molar-refractivity contribution in [3.8, 4) is 16.9 Å². The van der Waals surface area contributed by atoms with Gasteiger partial charge in [-0.2, -0.15) is 0 Å². The first kappa shape index (κ1) is 15.0. The van der Waals surface area contributed by atoms with Gasteiger partial charge in [0.15, 0.2) is 5.82 Å². The lowest BCUT2D eigenvalue weighted by Crippen LogP contribution is -2.18. The van der Waals surface area contributed by atoms with E-state index in [4.69, 9.17) is 0 Å². The van der Waals surface area contributed by atoms with E-state index in [0.29, 0.717) is 11.5 Å². The molecule has 2 aromatic carbocycles. The Kier molecular flexibility index (Phi) is 4.19. The molecular weight excluding hydrogens is 288 g/mol. The number of benzene rings is 2. The molecule has 0 unspecified atom stereocenters. The van der Waals surface area contributed by atoms with Gasteiger partial charge in [-0.05, 0) is 12.1 Å². The number of nitrogens with one attached hydrogen (secondary N) is 1. The fraction of sp³-hybridized carbons (Fsp3) is 0.167. The highest BCUT2D eigenvalue weighted by molar-refractivity contribution is 5.94. The molecule has 3 rings (SSSR count). The van der Waals surface area contributed by atoms with E-state index < -0.39 is 0 Å². The summed E-state index contributed by atoms with van der Waals surface area (Å²) >= 11 is 0. The topological polar surface area (TPSA) is 59.8 Å². The maximum atomic E-state index is 12.1. The average Bonchev–Trinajstić information content (AvgIpc) is 3.00. The van der Waals surface area contributed by atoms with Crippen molar-refractivity contribution in [2.24, 2.45) is 5.92 Å². The van der Waals surface area contributed by atoms with E-state index in [-0.39, 0.29) is 11.8 Å². The number of hydrogen-bond donors (Lipinski definition) is 1. The van der Waals surface area contributed by atoms with Crippen molar-refractivity contribution < 1.29 is 4.79 Å². The van der Waals surface area contributed by atoms with Gasteiger partial charge in [-0.1, -0.05) is 62.4 Å². The normalized spacial score (nSPS) is 10.7. The van der Waals surface area contributed by atoms with Gasteiger partial charge < -0.3 is 5.32 Å². The van der Waals surface area contributed by atoms with Crippen molar-refractivity contribution in [3.05, 3.63) is 60.7 Å². The van der Waals surface area contributed by atoms with E-state index in [1.165, 1.54) is 4.80 Å². The highest BCUT2D eigenvalue weighted by atomic mass is 16.1. The number of hydrogen-bond acceptors (Lipinski definition) is 3. The summed E-state index contributed by atoms with van der Waals surface area (Å²) in [6, 6.07) is 19.3. The lowest BCUT2D eigenvalue weighted by molar-refractivity contribution is -0.118. The average molecular weight is 306 g/mol. The summed E-state index contributed by atoms with van der Waals surface area (Å²) in [5.41, 5.74) is 2.41. The fourth-order valence-electron chi connectivity index (χ4n) is 2.12. The van der Waals surface area contributed by atoms with Crippen molar-refractivity contribution in [2.45, 2.75) is 13.8 Å². The van der Waals surface area contributed by atoms with E-state index >= 15 is 0 Å². The summed E-state index contributed by atoms with van der Waals surface area (Å²) in [5, 5.41) is 11.9. The molecule has 0 bridgehead atoms. The van der Waals surface area contributed by atoms with Gasteiger partial charge in [0.05, 0.1) is 5.69 Å². The van der Waals surface area contributed by atoms with Crippen LogP contribution in [-0.2, 0) is 4.79 Å². The molecule has 0 aliphatic carbocycles. The zero-order valence-corrected chi connectivity index (χ0v) is 13.1. The molecule has 3 aromatic rings. The fourth-order valence-corrected chi connectivity index (χ4v) is 2.12.